The van der Waals surface area contributed by atoms with Crippen LogP contribution in [0.2, 0.25) is 0 Å². The highest BCUT2D eigenvalue weighted by atomic mass is 16.5. The van der Waals surface area contributed by atoms with Gasteiger partial charge in [-0.05, 0) is 69.2 Å². The van der Waals surface area contributed by atoms with Crippen molar-refractivity contribution in [3.8, 4) is 5.75 Å². The third-order valence-electron chi connectivity index (χ3n) is 7.35. The number of imide groups is 1. The molecular formula is C25H36N4O4. The van der Waals surface area contributed by atoms with E-state index in [1.807, 2.05) is 24.3 Å². The Bertz CT molecular complexity index is 859. The van der Waals surface area contributed by atoms with E-state index >= 15 is 0 Å². The van der Waals surface area contributed by atoms with E-state index in [4.69, 9.17) is 4.74 Å². The monoisotopic (exact) mass is 456 g/mol. The molecule has 1 aromatic carbocycles. The van der Waals surface area contributed by atoms with Gasteiger partial charge in [0.25, 0.3) is 5.91 Å². The predicted octanol–water partition coefficient (Wildman–Crippen LogP) is 2.32. The second kappa shape index (κ2) is 11.0. The van der Waals surface area contributed by atoms with Crippen LogP contribution in [0, 0.1) is 5.92 Å². The maximum absolute atomic E-state index is 12.7. The summed E-state index contributed by atoms with van der Waals surface area (Å²) in [6, 6.07) is 7.16. The first-order valence-corrected chi connectivity index (χ1v) is 12.3. The molecule has 0 radical (unpaired) electrons. The summed E-state index contributed by atoms with van der Waals surface area (Å²) >= 11 is 0. The summed E-state index contributed by atoms with van der Waals surface area (Å²) in [6.45, 7) is 3.36. The highest BCUT2D eigenvalue weighted by molar-refractivity contribution is 6.04. The van der Waals surface area contributed by atoms with E-state index < -0.39 is 6.04 Å². The summed E-state index contributed by atoms with van der Waals surface area (Å²) in [6.07, 6.45) is 7.24. The number of carbonyl (C=O) groups is 3. The molecule has 3 aliphatic heterocycles. The molecular weight excluding hydrogens is 420 g/mol. The highest BCUT2D eigenvalue weighted by Crippen LogP contribution is 2.30. The summed E-state index contributed by atoms with van der Waals surface area (Å²) in [4.78, 5) is 41.4. The molecule has 3 atom stereocenters. The fourth-order valence-electron chi connectivity index (χ4n) is 5.55. The molecule has 0 bridgehead atoms. The zero-order valence-electron chi connectivity index (χ0n) is 19.6. The lowest BCUT2D eigenvalue weighted by atomic mass is 9.83. The molecule has 33 heavy (non-hydrogen) atoms. The van der Waals surface area contributed by atoms with Crippen LogP contribution in [0.5, 0.6) is 5.75 Å². The molecule has 0 aromatic heterocycles. The van der Waals surface area contributed by atoms with Crippen LogP contribution in [0.3, 0.4) is 0 Å². The van der Waals surface area contributed by atoms with Crippen LogP contribution in [0.1, 0.15) is 50.5 Å². The molecule has 0 spiro atoms. The molecule has 3 saturated heterocycles. The van der Waals surface area contributed by atoms with Gasteiger partial charge >= 0.3 is 6.03 Å². The number of piperidine rings is 2. The first-order chi connectivity index (χ1) is 16.1. The predicted molar refractivity (Wildman–Crippen MR) is 125 cm³/mol. The van der Waals surface area contributed by atoms with Crippen LogP contribution < -0.4 is 15.4 Å². The van der Waals surface area contributed by atoms with Gasteiger partial charge in [-0.1, -0.05) is 24.6 Å². The van der Waals surface area contributed by atoms with Crippen molar-refractivity contribution in [3.63, 3.8) is 0 Å². The molecule has 1 aromatic rings. The number of amides is 4. The van der Waals surface area contributed by atoms with Crippen LogP contribution >= 0.6 is 0 Å². The van der Waals surface area contributed by atoms with Crippen LogP contribution in [0.15, 0.2) is 24.3 Å². The van der Waals surface area contributed by atoms with E-state index in [0.717, 1.165) is 11.3 Å². The zero-order valence-corrected chi connectivity index (χ0v) is 19.6. The fraction of sp³-hybridized carbons (Fsp3) is 0.640. The van der Waals surface area contributed by atoms with Gasteiger partial charge in [0.1, 0.15) is 11.8 Å². The lowest BCUT2D eigenvalue weighted by molar-refractivity contribution is -0.127. The summed E-state index contributed by atoms with van der Waals surface area (Å²) < 4.78 is 5.35. The van der Waals surface area contributed by atoms with Gasteiger partial charge in [0, 0.05) is 25.6 Å². The lowest BCUT2D eigenvalue weighted by Crippen LogP contribution is -2.51. The van der Waals surface area contributed by atoms with Crippen LogP contribution in [-0.2, 0) is 16.0 Å². The molecule has 3 fully saturated rings. The number of urea groups is 1. The second-order valence-electron chi connectivity index (χ2n) is 9.40. The van der Waals surface area contributed by atoms with E-state index in [-0.39, 0.29) is 30.8 Å². The van der Waals surface area contributed by atoms with E-state index in [0.29, 0.717) is 31.3 Å². The SMILES string of the molecule is COc1ccccc1CCN1C(=O)N[C@@H](CCC(=O)NC[C@@H]2CCCN3CCCC[C@@H]23)C1=O. The molecule has 3 heterocycles. The van der Waals surface area contributed by atoms with Crippen molar-refractivity contribution >= 4 is 17.8 Å². The Morgan fingerprint density at radius 1 is 1.15 bits per heavy atom. The highest BCUT2D eigenvalue weighted by Gasteiger charge is 2.38. The number of nitrogens with zero attached hydrogens (tertiary/aromatic N) is 2. The summed E-state index contributed by atoms with van der Waals surface area (Å²) in [5.41, 5.74) is 0.947. The van der Waals surface area contributed by atoms with Crippen LogP contribution in [0.25, 0.3) is 0 Å². The lowest BCUT2D eigenvalue weighted by Gasteiger charge is -2.44. The molecule has 0 saturated carbocycles. The van der Waals surface area contributed by atoms with Gasteiger partial charge in [0.05, 0.1) is 7.11 Å². The topological polar surface area (TPSA) is 91.0 Å². The van der Waals surface area contributed by atoms with Crippen molar-refractivity contribution in [2.75, 3.05) is 33.3 Å². The smallest absolute Gasteiger partial charge is 0.324 e. The third kappa shape index (κ3) is 5.66. The molecule has 180 valence electrons. The first kappa shape index (κ1) is 23.5. The number of rotatable bonds is 9. The van der Waals surface area contributed by atoms with Gasteiger partial charge in [-0.3, -0.25) is 14.5 Å². The van der Waals surface area contributed by atoms with Gasteiger partial charge in [0.2, 0.25) is 5.91 Å². The third-order valence-corrected chi connectivity index (χ3v) is 7.35. The fourth-order valence-corrected chi connectivity index (χ4v) is 5.55. The van der Waals surface area contributed by atoms with E-state index in [1.165, 1.54) is 50.1 Å². The molecule has 4 amide bonds. The maximum Gasteiger partial charge on any atom is 0.324 e. The van der Waals surface area contributed by atoms with Crippen LogP contribution in [-0.4, -0.2) is 73.0 Å². The van der Waals surface area contributed by atoms with E-state index in [2.05, 4.69) is 15.5 Å². The van der Waals surface area contributed by atoms with Gasteiger partial charge in [0.15, 0.2) is 0 Å². The minimum atomic E-state index is -0.635. The molecule has 8 heteroatoms. The minimum Gasteiger partial charge on any atom is -0.496 e. The maximum atomic E-state index is 12.7. The van der Waals surface area contributed by atoms with Crippen LogP contribution in [0.4, 0.5) is 4.79 Å². The molecule has 3 aliphatic rings. The number of methoxy groups -OCH3 is 1. The molecule has 0 aliphatic carbocycles. The number of ether oxygens (including phenoxy) is 1. The average Bonchev–Trinajstić information content (AvgIpc) is 3.12. The van der Waals surface area contributed by atoms with Gasteiger partial charge < -0.3 is 20.3 Å². The Balaban J connectivity index is 1.21. The number of nitrogens with one attached hydrogen (secondary N) is 2. The zero-order chi connectivity index (χ0) is 23.2. The van der Waals surface area contributed by atoms with Gasteiger partial charge in [-0.25, -0.2) is 4.79 Å². The summed E-state index contributed by atoms with van der Waals surface area (Å²) in [5, 5.41) is 5.83. The number of carbonyl (C=O) groups excluding carboxylic acids is 3. The van der Waals surface area contributed by atoms with Gasteiger partial charge in [-0.15, -0.1) is 0 Å². The Morgan fingerprint density at radius 2 is 1.97 bits per heavy atom. The number of hydrogen-bond donors (Lipinski definition) is 2. The van der Waals surface area contributed by atoms with Crippen molar-refractivity contribution in [2.24, 2.45) is 5.92 Å². The first-order valence-electron chi connectivity index (χ1n) is 12.3. The Labute approximate surface area is 196 Å². The Hall–Kier alpha value is -2.61. The quantitative estimate of drug-likeness (QED) is 0.557. The molecule has 2 N–H and O–H groups in total. The largest absolute Gasteiger partial charge is 0.496 e. The normalized spacial score (nSPS) is 25.5. The van der Waals surface area contributed by atoms with Crippen molar-refractivity contribution < 1.29 is 19.1 Å². The second-order valence-corrected chi connectivity index (χ2v) is 9.40. The molecule has 8 nitrogen and oxygen atoms in total. The number of hydrogen-bond acceptors (Lipinski definition) is 5. The number of fused-ring (bicyclic) bond motifs is 1. The van der Waals surface area contributed by atoms with E-state index in [1.54, 1.807) is 7.11 Å². The Kier molecular flexibility index (Phi) is 7.85. The standard InChI is InChI=1S/C25H36N4O4/c1-33-22-10-3-2-7-18(22)13-16-29-24(31)20(27-25(29)32)11-12-23(30)26-17-19-8-6-15-28-14-5-4-9-21(19)28/h2-3,7,10,19-21H,4-6,8-9,11-17H2,1H3,(H,26,30)(H,27,32)/t19-,20-,21-/m0/s1. The summed E-state index contributed by atoms with van der Waals surface area (Å²) in [5.74, 6) is 0.957. The number of benzene rings is 1. The van der Waals surface area contributed by atoms with Gasteiger partial charge in [-0.2, -0.15) is 0 Å². The van der Waals surface area contributed by atoms with Crippen molar-refractivity contribution in [2.45, 2.75) is 63.5 Å². The van der Waals surface area contributed by atoms with Crippen molar-refractivity contribution in [1.82, 2.24) is 20.4 Å². The average molecular weight is 457 g/mol. The van der Waals surface area contributed by atoms with Crippen molar-refractivity contribution in [3.05, 3.63) is 29.8 Å². The molecule has 0 unspecified atom stereocenters. The minimum absolute atomic E-state index is 0.0440. The summed E-state index contributed by atoms with van der Waals surface area (Å²) in [7, 11) is 1.60. The van der Waals surface area contributed by atoms with E-state index in [9.17, 15) is 14.4 Å². The van der Waals surface area contributed by atoms with Crippen molar-refractivity contribution in [1.29, 1.82) is 0 Å². The number of para-hydroxylation sites is 1. The molecule has 4 rings (SSSR count). The Morgan fingerprint density at radius 3 is 2.82 bits per heavy atom.